The molecule has 0 amide bonds. The maximum Gasteiger partial charge on any atom is 0.303 e. The molecule has 0 saturated heterocycles. The Morgan fingerprint density at radius 2 is 1.68 bits per heavy atom. The standard InChI is InChI=1S/C12H21N.C10H12O2/c1-10-3-9-4-11(2,6-10)8-12(13,5-9)7-10;11-10(12)8-4-7-9-5-2-1-3-6-9/h9H,3-8,13H2,1-2H3;1-3,5-6H,4,7-8H2,(H,11,12)/t9?,10-,11+,12?;. The van der Waals surface area contributed by atoms with Gasteiger partial charge < -0.3 is 10.8 Å². The molecule has 0 radical (unpaired) electrons. The van der Waals surface area contributed by atoms with E-state index in [1.54, 1.807) is 0 Å². The first-order chi connectivity index (χ1) is 11.7. The molecule has 3 N–H and O–H groups in total. The van der Waals surface area contributed by atoms with Crippen molar-refractivity contribution in [1.29, 1.82) is 0 Å². The van der Waals surface area contributed by atoms with Crippen LogP contribution in [0.1, 0.15) is 70.8 Å². The normalized spacial score (nSPS) is 38.1. The van der Waals surface area contributed by atoms with E-state index < -0.39 is 5.97 Å². The molecule has 0 spiro atoms. The van der Waals surface area contributed by atoms with Crippen molar-refractivity contribution in [3.8, 4) is 0 Å². The van der Waals surface area contributed by atoms with Gasteiger partial charge in [-0.05, 0) is 73.7 Å². The minimum absolute atomic E-state index is 0.225. The van der Waals surface area contributed by atoms with Crippen LogP contribution in [-0.4, -0.2) is 16.6 Å². The zero-order valence-electron chi connectivity index (χ0n) is 15.8. The van der Waals surface area contributed by atoms with Gasteiger partial charge in [0.1, 0.15) is 0 Å². The molecule has 4 aliphatic carbocycles. The van der Waals surface area contributed by atoms with E-state index in [1.165, 1.54) is 44.1 Å². The van der Waals surface area contributed by atoms with E-state index in [0.717, 1.165) is 18.8 Å². The molecule has 0 aromatic heterocycles. The van der Waals surface area contributed by atoms with Crippen LogP contribution in [0.5, 0.6) is 0 Å². The molecule has 25 heavy (non-hydrogen) atoms. The van der Waals surface area contributed by atoms with Crippen molar-refractivity contribution in [1.82, 2.24) is 0 Å². The van der Waals surface area contributed by atoms with Crippen molar-refractivity contribution in [3.05, 3.63) is 35.9 Å². The second kappa shape index (κ2) is 6.75. The Hall–Kier alpha value is -1.35. The SMILES string of the molecule is C[C@]12CC3CC(N)(C1)C[C@@](C)(C3)C2.O=C(O)CCCc1ccccc1. The summed E-state index contributed by atoms with van der Waals surface area (Å²) >= 11 is 0. The van der Waals surface area contributed by atoms with Gasteiger partial charge in [0, 0.05) is 12.0 Å². The first-order valence-corrected chi connectivity index (χ1v) is 9.74. The molecular formula is C22H33NO2. The quantitative estimate of drug-likeness (QED) is 0.826. The molecule has 4 bridgehead atoms. The maximum atomic E-state index is 10.2. The molecule has 4 aliphatic rings. The summed E-state index contributed by atoms with van der Waals surface area (Å²) in [6.07, 6.45) is 10.1. The smallest absolute Gasteiger partial charge is 0.303 e. The molecule has 138 valence electrons. The third kappa shape index (κ3) is 4.63. The number of rotatable bonds is 4. The van der Waals surface area contributed by atoms with Crippen LogP contribution in [0.15, 0.2) is 30.3 Å². The highest BCUT2D eigenvalue weighted by molar-refractivity contribution is 5.66. The Balaban J connectivity index is 0.000000147. The highest BCUT2D eigenvalue weighted by Crippen LogP contribution is 2.65. The van der Waals surface area contributed by atoms with E-state index in [0.29, 0.717) is 10.8 Å². The second-order valence-corrected chi connectivity index (χ2v) is 9.73. The van der Waals surface area contributed by atoms with Crippen LogP contribution >= 0.6 is 0 Å². The zero-order valence-corrected chi connectivity index (χ0v) is 15.8. The summed E-state index contributed by atoms with van der Waals surface area (Å²) < 4.78 is 0. The number of hydrogen-bond donors (Lipinski definition) is 2. The van der Waals surface area contributed by atoms with Crippen LogP contribution in [0.25, 0.3) is 0 Å². The maximum absolute atomic E-state index is 10.2. The molecule has 4 atom stereocenters. The number of carboxylic acids is 1. The largest absolute Gasteiger partial charge is 0.481 e. The van der Waals surface area contributed by atoms with Gasteiger partial charge in [-0.25, -0.2) is 0 Å². The van der Waals surface area contributed by atoms with Crippen LogP contribution in [0.4, 0.5) is 0 Å². The molecule has 4 saturated carbocycles. The molecule has 1 aromatic rings. The summed E-state index contributed by atoms with van der Waals surface area (Å²) in [7, 11) is 0. The predicted octanol–water partition coefficient (Wildman–Crippen LogP) is 4.79. The van der Waals surface area contributed by atoms with Crippen molar-refractivity contribution < 1.29 is 9.90 Å². The van der Waals surface area contributed by atoms with Crippen molar-refractivity contribution in [2.75, 3.05) is 0 Å². The molecule has 4 fully saturated rings. The Morgan fingerprint density at radius 1 is 1.08 bits per heavy atom. The Kier molecular flexibility index (Phi) is 4.98. The Labute approximate surface area is 152 Å². The van der Waals surface area contributed by atoms with E-state index >= 15 is 0 Å². The van der Waals surface area contributed by atoms with Crippen molar-refractivity contribution in [3.63, 3.8) is 0 Å². The van der Waals surface area contributed by atoms with E-state index in [2.05, 4.69) is 13.8 Å². The highest BCUT2D eigenvalue weighted by atomic mass is 16.4. The first kappa shape index (κ1) is 18.4. The van der Waals surface area contributed by atoms with Crippen molar-refractivity contribution in [2.45, 2.75) is 77.2 Å². The van der Waals surface area contributed by atoms with Crippen molar-refractivity contribution >= 4 is 5.97 Å². The number of aryl methyl sites for hydroxylation is 1. The van der Waals surface area contributed by atoms with Gasteiger partial charge in [-0.3, -0.25) is 4.79 Å². The molecule has 2 unspecified atom stereocenters. The summed E-state index contributed by atoms with van der Waals surface area (Å²) in [5, 5.41) is 8.39. The van der Waals surface area contributed by atoms with E-state index in [4.69, 9.17) is 10.8 Å². The van der Waals surface area contributed by atoms with Gasteiger partial charge >= 0.3 is 5.97 Å². The fourth-order valence-corrected chi connectivity index (χ4v) is 6.62. The lowest BCUT2D eigenvalue weighted by molar-refractivity contribution is -0.137. The number of aliphatic carboxylic acids is 1. The third-order valence-corrected chi connectivity index (χ3v) is 6.37. The highest BCUT2D eigenvalue weighted by Gasteiger charge is 2.58. The number of hydrogen-bond acceptors (Lipinski definition) is 2. The zero-order chi connectivity index (χ0) is 18.1. The number of benzene rings is 1. The molecule has 0 heterocycles. The summed E-state index contributed by atoms with van der Waals surface area (Å²) in [5.74, 6) is 0.238. The van der Waals surface area contributed by atoms with Gasteiger partial charge in [0.2, 0.25) is 0 Å². The van der Waals surface area contributed by atoms with Gasteiger partial charge in [-0.2, -0.15) is 0 Å². The Bertz CT molecular complexity index is 561. The van der Waals surface area contributed by atoms with E-state index in [1.807, 2.05) is 30.3 Å². The average Bonchev–Trinajstić information content (AvgIpc) is 2.43. The van der Waals surface area contributed by atoms with Crippen molar-refractivity contribution in [2.24, 2.45) is 22.5 Å². The lowest BCUT2D eigenvalue weighted by Gasteiger charge is -2.64. The predicted molar refractivity (Wildman–Crippen MR) is 101 cm³/mol. The van der Waals surface area contributed by atoms with Crippen LogP contribution in [0, 0.1) is 16.7 Å². The van der Waals surface area contributed by atoms with Gasteiger partial charge in [-0.1, -0.05) is 44.2 Å². The monoisotopic (exact) mass is 343 g/mol. The van der Waals surface area contributed by atoms with Crippen LogP contribution in [0.3, 0.4) is 0 Å². The summed E-state index contributed by atoms with van der Waals surface area (Å²) in [5.41, 5.74) is 9.12. The average molecular weight is 344 g/mol. The van der Waals surface area contributed by atoms with Gasteiger partial charge in [0.15, 0.2) is 0 Å². The summed E-state index contributed by atoms with van der Waals surface area (Å²) in [6, 6.07) is 9.93. The summed E-state index contributed by atoms with van der Waals surface area (Å²) in [4.78, 5) is 10.2. The summed E-state index contributed by atoms with van der Waals surface area (Å²) in [6.45, 7) is 4.94. The van der Waals surface area contributed by atoms with E-state index in [-0.39, 0.29) is 12.0 Å². The van der Waals surface area contributed by atoms with Crippen LogP contribution in [-0.2, 0) is 11.2 Å². The van der Waals surface area contributed by atoms with Gasteiger partial charge in [0.05, 0.1) is 0 Å². The minimum Gasteiger partial charge on any atom is -0.481 e. The lowest BCUT2D eigenvalue weighted by Crippen LogP contribution is -2.62. The molecule has 3 heteroatoms. The number of nitrogens with two attached hydrogens (primary N) is 1. The number of carbonyl (C=O) groups is 1. The number of carboxylic acid groups (broad SMARTS) is 1. The minimum atomic E-state index is -0.717. The molecule has 0 aliphatic heterocycles. The topological polar surface area (TPSA) is 63.3 Å². The molecular weight excluding hydrogens is 310 g/mol. The Morgan fingerprint density at radius 3 is 2.16 bits per heavy atom. The van der Waals surface area contributed by atoms with Gasteiger partial charge in [-0.15, -0.1) is 0 Å². The van der Waals surface area contributed by atoms with Crippen LogP contribution in [0.2, 0.25) is 0 Å². The molecule has 5 rings (SSSR count). The van der Waals surface area contributed by atoms with Crippen LogP contribution < -0.4 is 5.73 Å². The first-order valence-electron chi connectivity index (χ1n) is 9.74. The fraction of sp³-hybridized carbons (Fsp3) is 0.682. The van der Waals surface area contributed by atoms with Gasteiger partial charge in [0.25, 0.3) is 0 Å². The fourth-order valence-electron chi connectivity index (χ4n) is 6.62. The second-order valence-electron chi connectivity index (χ2n) is 9.73. The lowest BCUT2D eigenvalue weighted by atomic mass is 9.43. The molecule has 1 aromatic carbocycles. The molecule has 3 nitrogen and oxygen atoms in total. The third-order valence-electron chi connectivity index (χ3n) is 6.37. The van der Waals surface area contributed by atoms with E-state index in [9.17, 15) is 4.79 Å².